The maximum atomic E-state index is 12.1. The number of hydrogen-bond acceptors (Lipinski definition) is 6. The highest BCUT2D eigenvalue weighted by Gasteiger charge is 2.23. The van der Waals surface area contributed by atoms with E-state index in [-0.39, 0.29) is 22.4 Å². The highest BCUT2D eigenvalue weighted by atomic mass is 32.2. The van der Waals surface area contributed by atoms with E-state index < -0.39 is 35.1 Å². The molecule has 0 aliphatic heterocycles. The molecule has 0 radical (unpaired) electrons. The molecule has 0 unspecified atom stereocenters. The average molecular weight is 383 g/mol. The van der Waals surface area contributed by atoms with Gasteiger partial charge in [-0.15, -0.1) is 0 Å². The van der Waals surface area contributed by atoms with Gasteiger partial charge in [0, 0.05) is 25.7 Å². The number of nitrogens with zero attached hydrogens (tertiary/aromatic N) is 1. The predicted molar refractivity (Wildman–Crippen MR) is 91.8 cm³/mol. The van der Waals surface area contributed by atoms with E-state index in [1.165, 1.54) is 38.4 Å². The van der Waals surface area contributed by atoms with E-state index in [4.69, 9.17) is 4.74 Å². The summed E-state index contributed by atoms with van der Waals surface area (Å²) >= 11 is 0. The van der Waals surface area contributed by atoms with Crippen LogP contribution in [-0.2, 0) is 24.3 Å². The first kappa shape index (κ1) is 19.9. The molecule has 0 spiro atoms. The number of esters is 1. The Balaban J connectivity index is 1.85. The van der Waals surface area contributed by atoms with Crippen molar-refractivity contribution >= 4 is 27.8 Å². The van der Waals surface area contributed by atoms with Crippen molar-refractivity contribution in [2.45, 2.75) is 23.8 Å². The molecule has 1 fully saturated rings. The Kier molecular flexibility index (Phi) is 6.32. The molecule has 1 saturated carbocycles. The molecule has 26 heavy (non-hydrogen) atoms. The van der Waals surface area contributed by atoms with Crippen LogP contribution in [0.2, 0.25) is 0 Å². The van der Waals surface area contributed by atoms with Crippen LogP contribution in [0.1, 0.15) is 23.2 Å². The van der Waals surface area contributed by atoms with Gasteiger partial charge < -0.3 is 15.4 Å². The summed E-state index contributed by atoms with van der Waals surface area (Å²) < 4.78 is 30.0. The molecule has 1 aromatic rings. The lowest BCUT2D eigenvalue weighted by atomic mass is 10.2. The second-order valence-corrected chi connectivity index (χ2v) is 8.15. The standard InChI is InChI=1S/C16H21N3O6S/c1-19(2)26(23,24)13-5-3-4-11(8-13)16(22)17-9-15(21)25-10-14(20)18-12-6-7-12/h3-5,8,12H,6-7,9-10H2,1-2H3,(H,17,22)(H,18,20). The van der Waals surface area contributed by atoms with Crippen molar-refractivity contribution < 1.29 is 27.5 Å². The molecule has 9 nitrogen and oxygen atoms in total. The van der Waals surface area contributed by atoms with Gasteiger partial charge in [-0.05, 0) is 31.0 Å². The highest BCUT2D eigenvalue weighted by Crippen LogP contribution is 2.18. The molecular weight excluding hydrogens is 362 g/mol. The predicted octanol–water partition coefficient (Wildman–Crippen LogP) is -0.511. The minimum absolute atomic E-state index is 0.0329. The van der Waals surface area contributed by atoms with E-state index in [0.717, 1.165) is 17.1 Å². The molecule has 0 aromatic heterocycles. The van der Waals surface area contributed by atoms with E-state index in [2.05, 4.69) is 10.6 Å². The number of benzene rings is 1. The second-order valence-electron chi connectivity index (χ2n) is 6.00. The number of ether oxygens (including phenoxy) is 1. The third-order valence-corrected chi connectivity index (χ3v) is 5.39. The number of sulfonamides is 1. The lowest BCUT2D eigenvalue weighted by Crippen LogP contribution is -2.34. The maximum absolute atomic E-state index is 12.1. The van der Waals surface area contributed by atoms with Crippen molar-refractivity contribution in [1.82, 2.24) is 14.9 Å². The van der Waals surface area contributed by atoms with Gasteiger partial charge in [-0.3, -0.25) is 14.4 Å². The molecule has 0 atom stereocenters. The number of carbonyl (C=O) groups excluding carboxylic acids is 3. The van der Waals surface area contributed by atoms with E-state index in [1.54, 1.807) is 0 Å². The Labute approximate surface area is 151 Å². The molecular formula is C16H21N3O6S. The average Bonchev–Trinajstić information content (AvgIpc) is 3.41. The van der Waals surface area contributed by atoms with Gasteiger partial charge in [0.1, 0.15) is 6.54 Å². The zero-order chi connectivity index (χ0) is 19.3. The number of rotatable bonds is 8. The van der Waals surface area contributed by atoms with Gasteiger partial charge in [-0.2, -0.15) is 0 Å². The molecule has 0 saturated heterocycles. The van der Waals surface area contributed by atoms with Crippen LogP contribution in [0.15, 0.2) is 29.2 Å². The normalized spacial score (nSPS) is 14.0. The number of amides is 2. The molecule has 1 aliphatic rings. The smallest absolute Gasteiger partial charge is 0.325 e. The Bertz CT molecular complexity index is 802. The van der Waals surface area contributed by atoms with Crippen LogP contribution in [0.25, 0.3) is 0 Å². The summed E-state index contributed by atoms with van der Waals surface area (Å²) in [4.78, 5) is 35.0. The van der Waals surface area contributed by atoms with Gasteiger partial charge in [-0.1, -0.05) is 6.07 Å². The number of hydrogen-bond donors (Lipinski definition) is 2. The quantitative estimate of drug-likeness (QED) is 0.583. The van der Waals surface area contributed by atoms with Gasteiger partial charge >= 0.3 is 5.97 Å². The Morgan fingerprint density at radius 3 is 2.54 bits per heavy atom. The van der Waals surface area contributed by atoms with Crippen LogP contribution in [0.4, 0.5) is 0 Å². The summed E-state index contributed by atoms with van der Waals surface area (Å²) in [5.74, 6) is -1.77. The summed E-state index contributed by atoms with van der Waals surface area (Å²) in [6.07, 6.45) is 1.86. The lowest BCUT2D eigenvalue weighted by Gasteiger charge is -2.12. The second kappa shape index (κ2) is 8.28. The lowest BCUT2D eigenvalue weighted by molar-refractivity contribution is -0.147. The molecule has 10 heteroatoms. The molecule has 2 rings (SSSR count). The van der Waals surface area contributed by atoms with Crippen LogP contribution in [0, 0.1) is 0 Å². The fraction of sp³-hybridized carbons (Fsp3) is 0.438. The van der Waals surface area contributed by atoms with Crippen LogP contribution >= 0.6 is 0 Å². The fourth-order valence-corrected chi connectivity index (χ4v) is 2.91. The molecule has 2 amide bonds. The third-order valence-electron chi connectivity index (χ3n) is 3.57. The SMILES string of the molecule is CN(C)S(=O)(=O)c1cccc(C(=O)NCC(=O)OCC(=O)NC2CC2)c1. The van der Waals surface area contributed by atoms with Crippen LogP contribution < -0.4 is 10.6 Å². The highest BCUT2D eigenvalue weighted by molar-refractivity contribution is 7.89. The number of nitrogens with one attached hydrogen (secondary N) is 2. The molecule has 142 valence electrons. The van der Waals surface area contributed by atoms with Gasteiger partial charge in [0.15, 0.2) is 6.61 Å². The summed E-state index contributed by atoms with van der Waals surface area (Å²) in [5, 5.41) is 4.99. The summed E-state index contributed by atoms with van der Waals surface area (Å²) in [5.41, 5.74) is 0.0900. The van der Waals surface area contributed by atoms with E-state index in [0.29, 0.717) is 0 Å². The minimum atomic E-state index is -3.67. The van der Waals surface area contributed by atoms with Crippen molar-refractivity contribution in [3.8, 4) is 0 Å². The first-order chi connectivity index (χ1) is 12.2. The van der Waals surface area contributed by atoms with Crippen LogP contribution in [0.5, 0.6) is 0 Å². The molecule has 1 aliphatic carbocycles. The Morgan fingerprint density at radius 1 is 1.23 bits per heavy atom. The third kappa shape index (κ3) is 5.53. The summed E-state index contributed by atoms with van der Waals surface area (Å²) in [7, 11) is -0.897. The van der Waals surface area contributed by atoms with Crippen molar-refractivity contribution in [2.24, 2.45) is 0 Å². The Hall–Kier alpha value is -2.46. The molecule has 0 heterocycles. The molecule has 1 aromatic carbocycles. The monoisotopic (exact) mass is 383 g/mol. The topological polar surface area (TPSA) is 122 Å². The van der Waals surface area contributed by atoms with Gasteiger partial charge in [0.25, 0.3) is 11.8 Å². The first-order valence-corrected chi connectivity index (χ1v) is 9.40. The van der Waals surface area contributed by atoms with Crippen LogP contribution in [-0.4, -0.2) is 63.8 Å². The summed E-state index contributed by atoms with van der Waals surface area (Å²) in [6, 6.07) is 5.63. The van der Waals surface area contributed by atoms with Gasteiger partial charge in [0.2, 0.25) is 10.0 Å². The maximum Gasteiger partial charge on any atom is 0.325 e. The van der Waals surface area contributed by atoms with E-state index >= 15 is 0 Å². The molecule has 0 bridgehead atoms. The number of carbonyl (C=O) groups is 3. The first-order valence-electron chi connectivity index (χ1n) is 7.96. The minimum Gasteiger partial charge on any atom is -0.454 e. The van der Waals surface area contributed by atoms with Crippen molar-refractivity contribution in [3.05, 3.63) is 29.8 Å². The van der Waals surface area contributed by atoms with E-state index in [1.807, 2.05) is 0 Å². The molecule has 2 N–H and O–H groups in total. The van der Waals surface area contributed by atoms with Crippen molar-refractivity contribution in [3.63, 3.8) is 0 Å². The largest absolute Gasteiger partial charge is 0.454 e. The van der Waals surface area contributed by atoms with Gasteiger partial charge in [-0.25, -0.2) is 12.7 Å². The Morgan fingerprint density at radius 2 is 1.92 bits per heavy atom. The van der Waals surface area contributed by atoms with Crippen molar-refractivity contribution in [2.75, 3.05) is 27.2 Å². The fourth-order valence-electron chi connectivity index (χ4n) is 1.96. The van der Waals surface area contributed by atoms with Gasteiger partial charge in [0.05, 0.1) is 4.90 Å². The summed E-state index contributed by atoms with van der Waals surface area (Å²) in [6.45, 7) is -0.831. The zero-order valence-corrected chi connectivity index (χ0v) is 15.3. The van der Waals surface area contributed by atoms with Crippen LogP contribution in [0.3, 0.4) is 0 Å². The zero-order valence-electron chi connectivity index (χ0n) is 14.5. The van der Waals surface area contributed by atoms with Crippen molar-refractivity contribution in [1.29, 1.82) is 0 Å². The van der Waals surface area contributed by atoms with E-state index in [9.17, 15) is 22.8 Å².